The van der Waals surface area contributed by atoms with E-state index in [4.69, 9.17) is 11.6 Å². The smallest absolute Gasteiger partial charge is 0.0499 e. The Balaban J connectivity index is 2.02. The number of halogens is 1. The molecule has 3 heteroatoms. The summed E-state index contributed by atoms with van der Waals surface area (Å²) in [6, 6.07) is 8.70. The molecule has 0 amide bonds. The van der Waals surface area contributed by atoms with Crippen molar-refractivity contribution in [2.45, 2.75) is 33.4 Å². The Kier molecular flexibility index (Phi) is 4.31. The summed E-state index contributed by atoms with van der Waals surface area (Å²) in [4.78, 5) is 0. The summed E-state index contributed by atoms with van der Waals surface area (Å²) in [6.45, 7) is 8.66. The number of nitrogens with zero attached hydrogens (tertiary/aromatic N) is 1. The second kappa shape index (κ2) is 5.77. The topological polar surface area (TPSA) is 17.0 Å². The first-order chi connectivity index (χ1) is 8.59. The van der Waals surface area contributed by atoms with Gasteiger partial charge in [-0.25, -0.2) is 0 Å². The number of rotatable bonds is 5. The molecule has 2 rings (SSSR count). The molecule has 18 heavy (non-hydrogen) atoms. The zero-order valence-electron chi connectivity index (χ0n) is 11.3. The zero-order valence-corrected chi connectivity index (χ0v) is 12.0. The second-order valence-electron chi connectivity index (χ2n) is 5.17. The van der Waals surface area contributed by atoms with Gasteiger partial charge in [-0.05, 0) is 31.0 Å². The molecule has 0 saturated heterocycles. The second-order valence-corrected chi connectivity index (χ2v) is 5.58. The standard InChI is InChI=1S/C15H21ClN2/c1-11(2)12(3)17-8-10-18-9-7-13-14(16)5-4-6-15(13)18/h4-7,9,11-12,17H,8,10H2,1-3H3. The largest absolute Gasteiger partial charge is 0.346 e. The Bertz CT molecular complexity index is 516. The summed E-state index contributed by atoms with van der Waals surface area (Å²) >= 11 is 6.17. The molecule has 1 atom stereocenters. The highest BCUT2D eigenvalue weighted by Gasteiger charge is 2.07. The van der Waals surface area contributed by atoms with Crippen LogP contribution >= 0.6 is 11.6 Å². The summed E-state index contributed by atoms with van der Waals surface area (Å²) in [5.74, 6) is 0.667. The Hall–Kier alpha value is -0.990. The van der Waals surface area contributed by atoms with Crippen molar-refractivity contribution in [3.8, 4) is 0 Å². The molecule has 98 valence electrons. The molecule has 1 aromatic heterocycles. The minimum atomic E-state index is 0.551. The third-order valence-corrected chi connectivity index (χ3v) is 3.91. The SMILES string of the molecule is CC(C)C(C)NCCn1ccc2c(Cl)cccc21. The molecule has 2 aromatic rings. The van der Waals surface area contributed by atoms with E-state index in [1.165, 1.54) is 5.52 Å². The van der Waals surface area contributed by atoms with Gasteiger partial charge in [0.05, 0.1) is 0 Å². The van der Waals surface area contributed by atoms with Crippen molar-refractivity contribution in [3.05, 3.63) is 35.5 Å². The van der Waals surface area contributed by atoms with E-state index in [1.807, 2.05) is 12.1 Å². The molecule has 1 aromatic carbocycles. The van der Waals surface area contributed by atoms with Crippen LogP contribution in [0.4, 0.5) is 0 Å². The average Bonchev–Trinajstić information content (AvgIpc) is 2.74. The Morgan fingerprint density at radius 2 is 2.00 bits per heavy atom. The Morgan fingerprint density at radius 1 is 1.22 bits per heavy atom. The molecule has 1 heterocycles. The monoisotopic (exact) mass is 264 g/mol. The molecule has 0 fully saturated rings. The lowest BCUT2D eigenvalue weighted by Gasteiger charge is -2.17. The number of fused-ring (bicyclic) bond motifs is 1. The first-order valence-corrected chi connectivity index (χ1v) is 6.94. The van der Waals surface area contributed by atoms with Gasteiger partial charge in [-0.1, -0.05) is 31.5 Å². The van der Waals surface area contributed by atoms with E-state index in [9.17, 15) is 0 Å². The van der Waals surface area contributed by atoms with Gasteiger partial charge in [-0.15, -0.1) is 0 Å². The molecule has 0 saturated carbocycles. The van der Waals surface area contributed by atoms with E-state index in [1.54, 1.807) is 0 Å². The van der Waals surface area contributed by atoms with E-state index in [-0.39, 0.29) is 0 Å². The fourth-order valence-electron chi connectivity index (χ4n) is 2.03. The van der Waals surface area contributed by atoms with Crippen LogP contribution in [0.15, 0.2) is 30.5 Å². The lowest BCUT2D eigenvalue weighted by molar-refractivity contribution is 0.418. The summed E-state index contributed by atoms with van der Waals surface area (Å²) in [5.41, 5.74) is 1.21. The molecule has 0 spiro atoms. The number of benzene rings is 1. The first-order valence-electron chi connectivity index (χ1n) is 6.56. The minimum absolute atomic E-state index is 0.551. The minimum Gasteiger partial charge on any atom is -0.346 e. The van der Waals surface area contributed by atoms with Crippen LogP contribution in [-0.4, -0.2) is 17.2 Å². The normalized spacial score (nSPS) is 13.4. The lowest BCUT2D eigenvalue weighted by Crippen LogP contribution is -2.33. The van der Waals surface area contributed by atoms with Crippen molar-refractivity contribution in [1.82, 2.24) is 9.88 Å². The molecule has 0 radical (unpaired) electrons. The molecule has 0 aliphatic rings. The van der Waals surface area contributed by atoms with Crippen LogP contribution in [0.25, 0.3) is 10.9 Å². The molecular weight excluding hydrogens is 244 g/mol. The molecule has 2 nitrogen and oxygen atoms in total. The van der Waals surface area contributed by atoms with Gasteiger partial charge >= 0.3 is 0 Å². The predicted octanol–water partition coefficient (Wildman–Crippen LogP) is 3.93. The van der Waals surface area contributed by atoms with Crippen molar-refractivity contribution in [2.75, 3.05) is 6.54 Å². The average molecular weight is 265 g/mol. The number of nitrogens with one attached hydrogen (secondary N) is 1. The summed E-state index contributed by atoms with van der Waals surface area (Å²) in [5, 5.41) is 5.51. The van der Waals surface area contributed by atoms with E-state index in [2.05, 4.69) is 49.0 Å². The van der Waals surface area contributed by atoms with Crippen LogP contribution in [0.3, 0.4) is 0 Å². The van der Waals surface area contributed by atoms with Gasteiger partial charge in [0.15, 0.2) is 0 Å². The highest BCUT2D eigenvalue weighted by atomic mass is 35.5. The highest BCUT2D eigenvalue weighted by molar-refractivity contribution is 6.35. The third kappa shape index (κ3) is 2.88. The fourth-order valence-corrected chi connectivity index (χ4v) is 2.26. The van der Waals surface area contributed by atoms with Crippen molar-refractivity contribution >= 4 is 22.5 Å². The van der Waals surface area contributed by atoms with Crippen LogP contribution in [0.2, 0.25) is 5.02 Å². The van der Waals surface area contributed by atoms with E-state index < -0.39 is 0 Å². The van der Waals surface area contributed by atoms with E-state index >= 15 is 0 Å². The molecule has 0 aliphatic carbocycles. The molecular formula is C15H21ClN2. The summed E-state index contributed by atoms with van der Waals surface area (Å²) in [6.07, 6.45) is 2.11. The zero-order chi connectivity index (χ0) is 13.1. The first kappa shape index (κ1) is 13.4. The number of aromatic nitrogens is 1. The molecule has 0 bridgehead atoms. The maximum absolute atomic E-state index is 6.17. The maximum Gasteiger partial charge on any atom is 0.0499 e. The maximum atomic E-state index is 6.17. The van der Waals surface area contributed by atoms with Crippen LogP contribution in [0.5, 0.6) is 0 Å². The van der Waals surface area contributed by atoms with Gasteiger partial charge < -0.3 is 9.88 Å². The predicted molar refractivity (Wildman–Crippen MR) is 79.3 cm³/mol. The summed E-state index contributed by atoms with van der Waals surface area (Å²) < 4.78 is 2.25. The van der Waals surface area contributed by atoms with Gasteiger partial charge in [0.1, 0.15) is 0 Å². The van der Waals surface area contributed by atoms with Crippen molar-refractivity contribution in [3.63, 3.8) is 0 Å². The van der Waals surface area contributed by atoms with Crippen molar-refractivity contribution in [2.24, 2.45) is 5.92 Å². The highest BCUT2D eigenvalue weighted by Crippen LogP contribution is 2.23. The van der Waals surface area contributed by atoms with Crippen LogP contribution < -0.4 is 5.32 Å². The van der Waals surface area contributed by atoms with Crippen molar-refractivity contribution < 1.29 is 0 Å². The summed E-state index contributed by atoms with van der Waals surface area (Å²) in [7, 11) is 0. The van der Waals surface area contributed by atoms with Gasteiger partial charge in [0.2, 0.25) is 0 Å². The molecule has 1 N–H and O–H groups in total. The Labute approximate surface area is 114 Å². The van der Waals surface area contributed by atoms with E-state index in [0.717, 1.165) is 23.5 Å². The lowest BCUT2D eigenvalue weighted by atomic mass is 10.1. The van der Waals surface area contributed by atoms with E-state index in [0.29, 0.717) is 12.0 Å². The van der Waals surface area contributed by atoms with Crippen molar-refractivity contribution in [1.29, 1.82) is 0 Å². The Morgan fingerprint density at radius 3 is 2.72 bits per heavy atom. The van der Waals surface area contributed by atoms with Crippen LogP contribution in [0, 0.1) is 5.92 Å². The third-order valence-electron chi connectivity index (χ3n) is 3.58. The number of hydrogen-bond donors (Lipinski definition) is 1. The quantitative estimate of drug-likeness (QED) is 0.866. The van der Waals surface area contributed by atoms with Crippen LogP contribution in [-0.2, 0) is 6.54 Å². The fraction of sp³-hybridized carbons (Fsp3) is 0.467. The van der Waals surface area contributed by atoms with Gasteiger partial charge in [0, 0.05) is 41.3 Å². The number of hydrogen-bond acceptors (Lipinski definition) is 1. The van der Waals surface area contributed by atoms with Gasteiger partial charge in [-0.3, -0.25) is 0 Å². The van der Waals surface area contributed by atoms with Gasteiger partial charge in [-0.2, -0.15) is 0 Å². The molecule has 1 unspecified atom stereocenters. The van der Waals surface area contributed by atoms with Crippen LogP contribution in [0.1, 0.15) is 20.8 Å². The van der Waals surface area contributed by atoms with Gasteiger partial charge in [0.25, 0.3) is 0 Å². The molecule has 0 aliphatic heterocycles.